The first-order valence-corrected chi connectivity index (χ1v) is 7.41. The largest absolute Gasteiger partial charge is 0.431 e. The molecule has 1 aliphatic rings. The fourth-order valence-corrected chi connectivity index (χ4v) is 2.81. The van der Waals surface area contributed by atoms with E-state index in [0.29, 0.717) is 12.2 Å². The molecular formula is C16H18N4O4. The number of ether oxygens (including phenoxy) is 1. The quantitative estimate of drug-likeness (QED) is 0.744. The Morgan fingerprint density at radius 3 is 2.62 bits per heavy atom. The Hall–Kier alpha value is -3.16. The molecule has 126 valence electrons. The van der Waals surface area contributed by atoms with Crippen molar-refractivity contribution in [2.24, 2.45) is 7.05 Å². The average Bonchev–Trinajstić information content (AvgIpc) is 3.13. The van der Waals surface area contributed by atoms with Crippen molar-refractivity contribution in [3.05, 3.63) is 35.5 Å². The van der Waals surface area contributed by atoms with E-state index in [1.165, 1.54) is 14.1 Å². The van der Waals surface area contributed by atoms with Crippen LogP contribution in [0.2, 0.25) is 0 Å². The summed E-state index contributed by atoms with van der Waals surface area (Å²) in [6, 6.07) is 5.47. The van der Waals surface area contributed by atoms with Gasteiger partial charge in [0.1, 0.15) is 5.75 Å². The first kappa shape index (κ1) is 15.7. The third-order valence-corrected chi connectivity index (χ3v) is 3.91. The molecule has 0 radical (unpaired) electrons. The minimum absolute atomic E-state index is 0.471. The molecule has 3 rings (SSSR count). The highest BCUT2D eigenvalue weighted by atomic mass is 16.7. The van der Waals surface area contributed by atoms with Crippen LogP contribution in [0.3, 0.4) is 0 Å². The summed E-state index contributed by atoms with van der Waals surface area (Å²) in [6.07, 6.45) is 1.56. The number of carbonyl (C=O) groups excluding carboxylic acids is 2. The zero-order chi connectivity index (χ0) is 17.3. The van der Waals surface area contributed by atoms with Crippen LogP contribution >= 0.6 is 0 Å². The highest BCUT2D eigenvalue weighted by Crippen LogP contribution is 2.36. The van der Waals surface area contributed by atoms with Crippen molar-refractivity contribution in [3.8, 4) is 5.75 Å². The zero-order valence-corrected chi connectivity index (χ0v) is 13.6. The van der Waals surface area contributed by atoms with Crippen molar-refractivity contribution in [2.45, 2.75) is 6.42 Å². The molecule has 0 fully saturated rings. The Labute approximate surface area is 138 Å². The van der Waals surface area contributed by atoms with Crippen LogP contribution in [0.15, 0.2) is 24.3 Å². The van der Waals surface area contributed by atoms with Gasteiger partial charge in [-0.15, -0.1) is 0 Å². The van der Waals surface area contributed by atoms with Crippen LogP contribution in [-0.2, 0) is 18.3 Å². The molecule has 0 saturated heterocycles. The van der Waals surface area contributed by atoms with Crippen molar-refractivity contribution in [2.75, 3.05) is 14.1 Å². The number of hydrogen-bond donors (Lipinski definition) is 3. The van der Waals surface area contributed by atoms with Crippen LogP contribution in [0, 0.1) is 0 Å². The Bertz CT molecular complexity index is 853. The second kappa shape index (κ2) is 6.15. The third kappa shape index (κ3) is 2.62. The van der Waals surface area contributed by atoms with E-state index in [-0.39, 0.29) is 0 Å². The van der Waals surface area contributed by atoms with Gasteiger partial charge in [-0.1, -0.05) is 6.08 Å². The number of aromatic nitrogens is 1. The maximum absolute atomic E-state index is 11.4. The molecule has 0 aliphatic heterocycles. The molecule has 1 heterocycles. The van der Waals surface area contributed by atoms with Gasteiger partial charge in [0.25, 0.3) is 0 Å². The normalized spacial score (nSPS) is 12.4. The Morgan fingerprint density at radius 1 is 1.17 bits per heavy atom. The van der Waals surface area contributed by atoms with Gasteiger partial charge in [-0.05, 0) is 30.2 Å². The van der Waals surface area contributed by atoms with Crippen LogP contribution in [-0.4, -0.2) is 30.8 Å². The van der Waals surface area contributed by atoms with Crippen molar-refractivity contribution < 1.29 is 19.2 Å². The minimum Gasteiger partial charge on any atom is -0.410 e. The van der Waals surface area contributed by atoms with E-state index >= 15 is 0 Å². The summed E-state index contributed by atoms with van der Waals surface area (Å²) >= 11 is 0. The molecule has 0 saturated carbocycles. The summed E-state index contributed by atoms with van der Waals surface area (Å²) in [6.45, 7) is 0. The van der Waals surface area contributed by atoms with Gasteiger partial charge < -0.3 is 24.8 Å². The highest BCUT2D eigenvalue weighted by molar-refractivity contribution is 5.93. The maximum atomic E-state index is 11.4. The van der Waals surface area contributed by atoms with Crippen molar-refractivity contribution in [3.63, 3.8) is 0 Å². The SMILES string of the molecule is CNC(=O)ONC1=CCc2c1n(C)c1ccc(OC(=O)NC)cc21. The number of allylic oxidation sites excluding steroid dienone is 1. The standard InChI is InChI=1S/C16H18N4O4/c1-17-15(21)23-9-4-7-13-11(8-9)10-5-6-12(14(10)20(13)3)19-24-16(22)18-2/h4,6-8,19H,5H2,1-3H3,(H,17,21)(H,18,22). The number of hydrogen-bond acceptors (Lipinski definition) is 5. The summed E-state index contributed by atoms with van der Waals surface area (Å²) in [5.41, 5.74) is 6.42. The summed E-state index contributed by atoms with van der Waals surface area (Å²) in [4.78, 5) is 27.5. The molecule has 24 heavy (non-hydrogen) atoms. The Morgan fingerprint density at radius 2 is 1.92 bits per heavy atom. The molecule has 2 aromatic rings. The van der Waals surface area contributed by atoms with E-state index in [2.05, 4.69) is 16.1 Å². The second-order valence-corrected chi connectivity index (χ2v) is 5.27. The molecule has 1 aromatic carbocycles. The first-order chi connectivity index (χ1) is 11.5. The predicted octanol–water partition coefficient (Wildman–Crippen LogP) is 1.65. The van der Waals surface area contributed by atoms with Crippen LogP contribution in [0.5, 0.6) is 5.75 Å². The number of carbonyl (C=O) groups is 2. The smallest absolute Gasteiger partial charge is 0.410 e. The lowest BCUT2D eigenvalue weighted by molar-refractivity contribution is 0.118. The van der Waals surface area contributed by atoms with Gasteiger partial charge in [-0.3, -0.25) is 0 Å². The highest BCUT2D eigenvalue weighted by Gasteiger charge is 2.24. The van der Waals surface area contributed by atoms with E-state index in [9.17, 15) is 9.59 Å². The molecule has 0 unspecified atom stereocenters. The van der Waals surface area contributed by atoms with Gasteiger partial charge in [0.2, 0.25) is 0 Å². The average molecular weight is 330 g/mol. The van der Waals surface area contributed by atoms with E-state index < -0.39 is 12.2 Å². The second-order valence-electron chi connectivity index (χ2n) is 5.27. The summed E-state index contributed by atoms with van der Waals surface area (Å²) in [7, 11) is 4.93. The van der Waals surface area contributed by atoms with Crippen molar-refractivity contribution in [1.29, 1.82) is 0 Å². The molecule has 2 amide bonds. The Balaban J connectivity index is 1.93. The van der Waals surface area contributed by atoms with Gasteiger partial charge in [-0.2, -0.15) is 0 Å². The topological polar surface area (TPSA) is 93.6 Å². The number of amides is 2. The molecule has 1 aromatic heterocycles. The number of rotatable bonds is 3. The summed E-state index contributed by atoms with van der Waals surface area (Å²) < 4.78 is 7.20. The fourth-order valence-electron chi connectivity index (χ4n) is 2.81. The molecule has 8 heteroatoms. The van der Waals surface area contributed by atoms with Gasteiger partial charge in [0.05, 0.1) is 11.4 Å². The third-order valence-electron chi connectivity index (χ3n) is 3.91. The molecule has 3 N–H and O–H groups in total. The lowest BCUT2D eigenvalue weighted by Gasteiger charge is -2.10. The molecule has 1 aliphatic carbocycles. The lowest BCUT2D eigenvalue weighted by Crippen LogP contribution is -2.26. The van der Waals surface area contributed by atoms with Crippen molar-refractivity contribution in [1.82, 2.24) is 20.7 Å². The Kier molecular flexibility index (Phi) is 4.03. The first-order valence-electron chi connectivity index (χ1n) is 7.41. The van der Waals surface area contributed by atoms with E-state index in [4.69, 9.17) is 9.57 Å². The molecular weight excluding hydrogens is 312 g/mol. The van der Waals surface area contributed by atoms with E-state index in [1.54, 1.807) is 6.07 Å². The summed E-state index contributed by atoms with van der Waals surface area (Å²) in [5.74, 6) is 0.471. The molecule has 0 bridgehead atoms. The molecule has 0 atom stereocenters. The number of hydroxylamine groups is 1. The van der Waals surface area contributed by atoms with Gasteiger partial charge in [0, 0.05) is 32.0 Å². The van der Waals surface area contributed by atoms with Crippen LogP contribution in [0.1, 0.15) is 11.3 Å². The van der Waals surface area contributed by atoms with Gasteiger partial charge in [0.15, 0.2) is 0 Å². The lowest BCUT2D eigenvalue weighted by atomic mass is 10.1. The van der Waals surface area contributed by atoms with Gasteiger partial charge >= 0.3 is 12.2 Å². The number of benzene rings is 1. The van der Waals surface area contributed by atoms with E-state index in [1.807, 2.05) is 29.8 Å². The predicted molar refractivity (Wildman–Crippen MR) is 88.4 cm³/mol. The maximum Gasteiger partial charge on any atom is 0.431 e. The van der Waals surface area contributed by atoms with Crippen LogP contribution in [0.25, 0.3) is 16.6 Å². The van der Waals surface area contributed by atoms with Crippen LogP contribution < -0.4 is 20.9 Å². The number of aryl methyl sites for hydroxylation is 1. The number of fused-ring (bicyclic) bond motifs is 3. The van der Waals surface area contributed by atoms with E-state index in [0.717, 1.165) is 27.9 Å². The number of nitrogens with one attached hydrogen (secondary N) is 3. The van der Waals surface area contributed by atoms with Gasteiger partial charge in [-0.25, -0.2) is 15.1 Å². The summed E-state index contributed by atoms with van der Waals surface area (Å²) in [5, 5.41) is 5.78. The minimum atomic E-state index is -0.565. The zero-order valence-electron chi connectivity index (χ0n) is 13.6. The molecule has 8 nitrogen and oxygen atoms in total. The number of nitrogens with zero attached hydrogens (tertiary/aromatic N) is 1. The fraction of sp³-hybridized carbons (Fsp3) is 0.250. The monoisotopic (exact) mass is 330 g/mol. The van der Waals surface area contributed by atoms with Crippen molar-refractivity contribution >= 4 is 28.8 Å². The molecule has 0 spiro atoms. The van der Waals surface area contributed by atoms with Crippen LogP contribution in [0.4, 0.5) is 9.59 Å².